The summed E-state index contributed by atoms with van der Waals surface area (Å²) in [5.41, 5.74) is 4.87. The van der Waals surface area contributed by atoms with E-state index in [0.717, 1.165) is 35.8 Å². The molecule has 0 spiro atoms. The van der Waals surface area contributed by atoms with E-state index in [1.807, 2.05) is 30.3 Å². The fourth-order valence-electron chi connectivity index (χ4n) is 3.49. The lowest BCUT2D eigenvalue weighted by atomic mass is 10.00. The van der Waals surface area contributed by atoms with Gasteiger partial charge >= 0.3 is 0 Å². The number of fused-ring (bicyclic) bond motifs is 1. The van der Waals surface area contributed by atoms with Gasteiger partial charge in [0.2, 0.25) is 0 Å². The van der Waals surface area contributed by atoms with Crippen LogP contribution in [0.25, 0.3) is 5.57 Å². The summed E-state index contributed by atoms with van der Waals surface area (Å²) in [6.07, 6.45) is 3.47. The average molecular weight is 329 g/mol. The molecule has 0 aromatic heterocycles. The molecule has 0 bridgehead atoms. The number of benzene rings is 2. The van der Waals surface area contributed by atoms with Crippen LogP contribution in [0.15, 0.2) is 54.2 Å². The number of hydrazine groups is 1. The van der Waals surface area contributed by atoms with Crippen molar-refractivity contribution in [1.29, 1.82) is 0 Å². The Kier molecular flexibility index (Phi) is 3.74. The molecule has 23 heavy (non-hydrogen) atoms. The SMILES string of the molecule is Fc1ccc(C2=C3CCCCN3N(c3cccc(Cl)c3)C2)cc1. The second-order valence-corrected chi connectivity index (χ2v) is 6.49. The van der Waals surface area contributed by atoms with Gasteiger partial charge < -0.3 is 0 Å². The number of allylic oxidation sites excluding steroid dienone is 1. The average Bonchev–Trinajstić information content (AvgIpc) is 2.95. The summed E-state index contributed by atoms with van der Waals surface area (Å²) in [4.78, 5) is 0. The molecule has 4 heteroatoms. The van der Waals surface area contributed by atoms with Crippen LogP contribution in [0.2, 0.25) is 5.02 Å². The molecule has 4 rings (SSSR count). The lowest BCUT2D eigenvalue weighted by Gasteiger charge is -2.36. The Bertz CT molecular complexity index is 754. The summed E-state index contributed by atoms with van der Waals surface area (Å²) in [6.45, 7) is 1.83. The fourth-order valence-corrected chi connectivity index (χ4v) is 3.68. The number of halogens is 2. The lowest BCUT2D eigenvalue weighted by molar-refractivity contribution is 0.294. The van der Waals surface area contributed by atoms with Crippen LogP contribution in [-0.2, 0) is 0 Å². The Morgan fingerprint density at radius 3 is 2.57 bits per heavy atom. The fraction of sp³-hybridized carbons (Fsp3) is 0.263. The lowest BCUT2D eigenvalue weighted by Crippen LogP contribution is -2.39. The van der Waals surface area contributed by atoms with E-state index in [1.54, 1.807) is 0 Å². The highest BCUT2D eigenvalue weighted by Crippen LogP contribution is 2.39. The van der Waals surface area contributed by atoms with Gasteiger partial charge in [0, 0.05) is 22.8 Å². The van der Waals surface area contributed by atoms with E-state index < -0.39 is 0 Å². The summed E-state index contributed by atoms with van der Waals surface area (Å²) >= 11 is 6.17. The first kappa shape index (κ1) is 14.6. The number of piperidine rings is 1. The molecule has 0 N–H and O–H groups in total. The van der Waals surface area contributed by atoms with E-state index in [2.05, 4.69) is 16.1 Å². The number of hydrogen-bond donors (Lipinski definition) is 0. The summed E-state index contributed by atoms with van der Waals surface area (Å²) < 4.78 is 13.2. The van der Waals surface area contributed by atoms with Crippen molar-refractivity contribution in [3.8, 4) is 0 Å². The van der Waals surface area contributed by atoms with E-state index in [4.69, 9.17) is 11.6 Å². The predicted molar refractivity (Wildman–Crippen MR) is 92.7 cm³/mol. The molecule has 2 aliphatic rings. The maximum atomic E-state index is 13.2. The van der Waals surface area contributed by atoms with E-state index >= 15 is 0 Å². The van der Waals surface area contributed by atoms with Gasteiger partial charge in [-0.2, -0.15) is 0 Å². The van der Waals surface area contributed by atoms with Crippen molar-refractivity contribution in [3.05, 3.63) is 70.6 Å². The van der Waals surface area contributed by atoms with Crippen LogP contribution in [0.4, 0.5) is 10.1 Å². The Morgan fingerprint density at radius 1 is 0.957 bits per heavy atom. The Balaban J connectivity index is 1.73. The van der Waals surface area contributed by atoms with Crippen LogP contribution in [0.1, 0.15) is 24.8 Å². The number of anilines is 1. The zero-order valence-electron chi connectivity index (χ0n) is 12.8. The Morgan fingerprint density at radius 2 is 1.78 bits per heavy atom. The van der Waals surface area contributed by atoms with Gasteiger partial charge in [-0.3, -0.25) is 10.0 Å². The zero-order chi connectivity index (χ0) is 15.8. The molecule has 1 saturated heterocycles. The van der Waals surface area contributed by atoms with Crippen LogP contribution < -0.4 is 5.01 Å². The number of rotatable bonds is 2. The van der Waals surface area contributed by atoms with Gasteiger partial charge in [-0.1, -0.05) is 29.8 Å². The molecule has 0 saturated carbocycles. The van der Waals surface area contributed by atoms with Crippen molar-refractivity contribution in [2.75, 3.05) is 18.1 Å². The van der Waals surface area contributed by atoms with Crippen molar-refractivity contribution in [2.24, 2.45) is 0 Å². The van der Waals surface area contributed by atoms with Crippen molar-refractivity contribution in [1.82, 2.24) is 5.01 Å². The van der Waals surface area contributed by atoms with Crippen molar-refractivity contribution < 1.29 is 4.39 Å². The van der Waals surface area contributed by atoms with Gasteiger partial charge in [-0.15, -0.1) is 0 Å². The second kappa shape index (κ2) is 5.89. The molecule has 2 aliphatic heterocycles. The molecule has 0 unspecified atom stereocenters. The molecule has 2 aromatic rings. The van der Waals surface area contributed by atoms with Gasteiger partial charge in [0.25, 0.3) is 0 Å². The largest absolute Gasteiger partial charge is 0.289 e. The standard InChI is InChI=1S/C19H18ClFN2/c20-15-4-3-5-17(12-15)23-13-18(14-7-9-16(21)10-8-14)19-6-1-2-11-22(19)23/h3-5,7-10,12H,1-2,6,11,13H2. The van der Waals surface area contributed by atoms with E-state index in [-0.39, 0.29) is 5.82 Å². The minimum atomic E-state index is -0.190. The summed E-state index contributed by atoms with van der Waals surface area (Å²) in [7, 11) is 0. The van der Waals surface area contributed by atoms with Crippen LogP contribution in [0.5, 0.6) is 0 Å². The summed E-state index contributed by atoms with van der Waals surface area (Å²) in [5, 5.41) is 5.41. The highest BCUT2D eigenvalue weighted by atomic mass is 35.5. The Hall–Kier alpha value is -2.00. The molecule has 118 valence electrons. The molecule has 2 aromatic carbocycles. The first-order valence-electron chi connectivity index (χ1n) is 8.01. The van der Waals surface area contributed by atoms with E-state index in [0.29, 0.717) is 0 Å². The molecule has 0 amide bonds. The first-order valence-corrected chi connectivity index (χ1v) is 8.39. The summed E-state index contributed by atoms with van der Waals surface area (Å²) in [5.74, 6) is -0.190. The van der Waals surface area contributed by atoms with Crippen LogP contribution in [-0.4, -0.2) is 18.1 Å². The van der Waals surface area contributed by atoms with Gasteiger partial charge in [-0.05, 0) is 55.2 Å². The molecule has 1 fully saturated rings. The van der Waals surface area contributed by atoms with Crippen LogP contribution >= 0.6 is 11.6 Å². The maximum Gasteiger partial charge on any atom is 0.123 e. The molecule has 0 radical (unpaired) electrons. The quantitative estimate of drug-likeness (QED) is 0.755. The zero-order valence-corrected chi connectivity index (χ0v) is 13.6. The van der Waals surface area contributed by atoms with Gasteiger partial charge in [0.1, 0.15) is 5.82 Å². The van der Waals surface area contributed by atoms with E-state index in [1.165, 1.54) is 36.2 Å². The van der Waals surface area contributed by atoms with Crippen molar-refractivity contribution in [3.63, 3.8) is 0 Å². The van der Waals surface area contributed by atoms with E-state index in [9.17, 15) is 4.39 Å². The minimum Gasteiger partial charge on any atom is -0.289 e. The monoisotopic (exact) mass is 328 g/mol. The highest BCUT2D eigenvalue weighted by molar-refractivity contribution is 6.30. The third-order valence-electron chi connectivity index (χ3n) is 4.59. The normalized spacial score (nSPS) is 17.7. The minimum absolute atomic E-state index is 0.190. The molecular formula is C19H18ClFN2. The van der Waals surface area contributed by atoms with Gasteiger partial charge in [0.05, 0.1) is 12.2 Å². The third-order valence-corrected chi connectivity index (χ3v) is 4.83. The van der Waals surface area contributed by atoms with Crippen molar-refractivity contribution in [2.45, 2.75) is 19.3 Å². The second-order valence-electron chi connectivity index (χ2n) is 6.05. The van der Waals surface area contributed by atoms with Gasteiger partial charge in [-0.25, -0.2) is 4.39 Å². The smallest absolute Gasteiger partial charge is 0.123 e. The van der Waals surface area contributed by atoms with Crippen LogP contribution in [0.3, 0.4) is 0 Å². The van der Waals surface area contributed by atoms with Crippen LogP contribution in [0, 0.1) is 5.82 Å². The molecular weight excluding hydrogens is 311 g/mol. The number of nitrogens with zero attached hydrogens (tertiary/aromatic N) is 2. The molecule has 2 heterocycles. The number of hydrogen-bond acceptors (Lipinski definition) is 2. The predicted octanol–water partition coefficient (Wildman–Crippen LogP) is 5.11. The van der Waals surface area contributed by atoms with Crippen molar-refractivity contribution >= 4 is 22.9 Å². The topological polar surface area (TPSA) is 6.48 Å². The van der Waals surface area contributed by atoms with Gasteiger partial charge in [0.15, 0.2) is 0 Å². The maximum absolute atomic E-state index is 13.2. The third kappa shape index (κ3) is 2.70. The molecule has 0 aliphatic carbocycles. The highest BCUT2D eigenvalue weighted by Gasteiger charge is 2.32. The summed E-state index contributed by atoms with van der Waals surface area (Å²) in [6, 6.07) is 14.8. The molecule has 0 atom stereocenters. The Labute approximate surface area is 140 Å². The molecule has 2 nitrogen and oxygen atoms in total. The first-order chi connectivity index (χ1) is 11.2.